The SMILES string of the molecule is CCCN(CCOC)C(=O)CCCC#Cc1cccc2nc(Cn3nc(-c4cccc(O)c4)c4c(N)ncnc43)n(Cc3ccccc3Cl)c(=O)c12. The lowest BCUT2D eigenvalue weighted by Crippen LogP contribution is -2.34. The lowest BCUT2D eigenvalue weighted by atomic mass is 10.1. The number of hydrogen-bond donors (Lipinski definition) is 2. The maximum Gasteiger partial charge on any atom is 0.263 e. The van der Waals surface area contributed by atoms with Crippen molar-refractivity contribution in [2.45, 2.75) is 45.7 Å². The van der Waals surface area contributed by atoms with E-state index >= 15 is 0 Å². The minimum atomic E-state index is -0.285. The van der Waals surface area contributed by atoms with E-state index in [0.29, 0.717) is 88.6 Å². The van der Waals surface area contributed by atoms with Crippen molar-refractivity contribution in [2.75, 3.05) is 32.5 Å². The molecule has 0 saturated carbocycles. The normalized spacial score (nSPS) is 11.1. The molecule has 0 bridgehead atoms. The number of halogens is 1. The highest BCUT2D eigenvalue weighted by atomic mass is 35.5. The highest BCUT2D eigenvalue weighted by molar-refractivity contribution is 6.31. The average Bonchev–Trinajstić information content (AvgIpc) is 3.51. The number of hydrogen-bond acceptors (Lipinski definition) is 9. The van der Waals surface area contributed by atoms with Gasteiger partial charge in [-0.05, 0) is 48.7 Å². The first-order valence-electron chi connectivity index (χ1n) is 17.1. The van der Waals surface area contributed by atoms with E-state index in [4.69, 9.17) is 32.2 Å². The van der Waals surface area contributed by atoms with Crippen LogP contribution in [0.2, 0.25) is 5.02 Å². The molecular weight excluding hydrogens is 680 g/mol. The second kappa shape index (κ2) is 16.5. The summed E-state index contributed by atoms with van der Waals surface area (Å²) < 4.78 is 8.37. The number of ether oxygens (including phenoxy) is 1. The molecule has 3 heterocycles. The number of unbranched alkanes of at least 4 members (excludes halogenated alkanes) is 1. The van der Waals surface area contributed by atoms with Gasteiger partial charge in [-0.1, -0.05) is 66.8 Å². The van der Waals surface area contributed by atoms with Gasteiger partial charge in [0, 0.05) is 49.2 Å². The van der Waals surface area contributed by atoms with Crippen molar-refractivity contribution >= 4 is 45.3 Å². The van der Waals surface area contributed by atoms with Crippen LogP contribution in [0.25, 0.3) is 33.2 Å². The number of nitrogens with two attached hydrogens (primary N) is 1. The van der Waals surface area contributed by atoms with Crippen molar-refractivity contribution in [2.24, 2.45) is 0 Å². The molecule has 0 radical (unpaired) electrons. The summed E-state index contributed by atoms with van der Waals surface area (Å²) in [6, 6.07) is 19.4. The fourth-order valence-electron chi connectivity index (χ4n) is 6.10. The molecule has 6 rings (SSSR count). The molecule has 3 aromatic carbocycles. The maximum atomic E-state index is 14.5. The Kier molecular flexibility index (Phi) is 11.4. The van der Waals surface area contributed by atoms with Crippen LogP contribution >= 0.6 is 11.6 Å². The van der Waals surface area contributed by atoms with Gasteiger partial charge >= 0.3 is 0 Å². The third-order valence-electron chi connectivity index (χ3n) is 8.65. The molecule has 0 aliphatic carbocycles. The maximum absolute atomic E-state index is 14.5. The van der Waals surface area contributed by atoms with E-state index in [9.17, 15) is 14.7 Å². The second-order valence-electron chi connectivity index (χ2n) is 12.3. The number of aromatic nitrogens is 6. The number of rotatable bonds is 13. The van der Waals surface area contributed by atoms with Crippen LogP contribution in [0.15, 0.2) is 77.9 Å². The van der Waals surface area contributed by atoms with Gasteiger partial charge in [-0.15, -0.1) is 0 Å². The number of phenols is 1. The number of carbonyl (C=O) groups excluding carboxylic acids is 1. The van der Waals surface area contributed by atoms with Gasteiger partial charge in [-0.3, -0.25) is 14.2 Å². The van der Waals surface area contributed by atoms with Crippen LogP contribution < -0.4 is 11.3 Å². The standard InChI is InChI=1S/C39H39ClN8O4/c1-3-19-46(20-21-52-2)33(50)18-6-4-5-11-26-13-10-17-31-34(26)39(51)47(23-28-12-7-8-16-30(28)40)32(44-31)24-48-38-35(37(41)42-25-43-38)36(45-48)27-14-9-15-29(49)22-27/h7-10,12-17,22,25,49H,3-4,6,18-21,23-24H2,1-2H3,(H2,41,42,43). The van der Waals surface area contributed by atoms with Crippen LogP contribution in [-0.4, -0.2) is 72.0 Å². The summed E-state index contributed by atoms with van der Waals surface area (Å²) in [7, 11) is 1.63. The lowest BCUT2D eigenvalue weighted by Gasteiger charge is -2.21. The van der Waals surface area contributed by atoms with Crippen LogP contribution in [0, 0.1) is 11.8 Å². The van der Waals surface area contributed by atoms with E-state index in [1.54, 1.807) is 52.8 Å². The van der Waals surface area contributed by atoms with Crippen molar-refractivity contribution in [1.29, 1.82) is 0 Å². The van der Waals surface area contributed by atoms with Crippen LogP contribution in [0.1, 0.15) is 49.6 Å². The molecule has 12 nitrogen and oxygen atoms in total. The quantitative estimate of drug-likeness (QED) is 0.114. The molecule has 3 N–H and O–H groups in total. The first-order valence-corrected chi connectivity index (χ1v) is 17.4. The average molecular weight is 719 g/mol. The molecule has 0 spiro atoms. The Bertz CT molecular complexity index is 2360. The van der Waals surface area contributed by atoms with Crippen LogP contribution in [0.4, 0.5) is 5.82 Å². The molecule has 266 valence electrons. The third-order valence-corrected chi connectivity index (χ3v) is 9.01. The number of amides is 1. The fraction of sp³-hybridized carbons (Fsp3) is 0.282. The number of carbonyl (C=O) groups is 1. The zero-order chi connectivity index (χ0) is 36.6. The van der Waals surface area contributed by atoms with Gasteiger partial charge in [0.05, 0.1) is 29.4 Å². The molecule has 6 aromatic rings. The number of nitrogen functional groups attached to an aromatic ring is 1. The van der Waals surface area contributed by atoms with E-state index < -0.39 is 0 Å². The number of nitrogens with zero attached hydrogens (tertiary/aromatic N) is 7. The molecule has 1 amide bonds. The lowest BCUT2D eigenvalue weighted by molar-refractivity contribution is -0.132. The summed E-state index contributed by atoms with van der Waals surface area (Å²) >= 11 is 6.59. The van der Waals surface area contributed by atoms with E-state index in [0.717, 1.165) is 12.0 Å². The summed E-state index contributed by atoms with van der Waals surface area (Å²) in [5.41, 5.74) is 9.36. The van der Waals surface area contributed by atoms with Gasteiger partial charge < -0.3 is 20.5 Å². The predicted octanol–water partition coefficient (Wildman–Crippen LogP) is 5.65. The molecular formula is C39H39ClN8O4. The second-order valence-corrected chi connectivity index (χ2v) is 12.7. The molecule has 0 atom stereocenters. The number of benzene rings is 3. The Morgan fingerprint density at radius 3 is 2.65 bits per heavy atom. The third kappa shape index (κ3) is 7.91. The van der Waals surface area contributed by atoms with Gasteiger partial charge in [-0.2, -0.15) is 5.10 Å². The summed E-state index contributed by atoms with van der Waals surface area (Å²) in [4.78, 5) is 42.8. The Hall–Kier alpha value is -5.77. The number of aromatic hydroxyl groups is 1. The van der Waals surface area contributed by atoms with Crippen LogP contribution in [0.3, 0.4) is 0 Å². The van der Waals surface area contributed by atoms with Gasteiger partial charge in [-0.25, -0.2) is 19.6 Å². The van der Waals surface area contributed by atoms with E-state index in [1.807, 2.05) is 42.2 Å². The summed E-state index contributed by atoms with van der Waals surface area (Å²) in [5, 5.41) is 16.4. The molecule has 3 aromatic heterocycles. The van der Waals surface area contributed by atoms with Gasteiger partial charge in [0.1, 0.15) is 36.0 Å². The number of phenolic OH excluding ortho intramolecular Hbond substituents is 1. The Morgan fingerprint density at radius 2 is 1.87 bits per heavy atom. The van der Waals surface area contributed by atoms with Crippen molar-refractivity contribution in [3.05, 3.63) is 105 Å². The predicted molar refractivity (Wildman–Crippen MR) is 202 cm³/mol. The van der Waals surface area contributed by atoms with Gasteiger partial charge in [0.2, 0.25) is 5.91 Å². The summed E-state index contributed by atoms with van der Waals surface area (Å²) in [5.74, 6) is 7.14. The zero-order valence-corrected chi connectivity index (χ0v) is 29.8. The monoisotopic (exact) mass is 718 g/mol. The van der Waals surface area contributed by atoms with Crippen LogP contribution in [0.5, 0.6) is 5.75 Å². The smallest absolute Gasteiger partial charge is 0.263 e. The fourth-order valence-corrected chi connectivity index (χ4v) is 6.30. The first kappa shape index (κ1) is 36.0. The highest BCUT2D eigenvalue weighted by Gasteiger charge is 2.21. The topological polar surface area (TPSA) is 154 Å². The molecule has 52 heavy (non-hydrogen) atoms. The minimum absolute atomic E-state index is 0.0603. The molecule has 0 unspecified atom stereocenters. The largest absolute Gasteiger partial charge is 0.508 e. The minimum Gasteiger partial charge on any atom is -0.508 e. The van der Waals surface area contributed by atoms with E-state index in [1.165, 1.54) is 6.33 Å². The molecule has 0 aliphatic rings. The van der Waals surface area contributed by atoms with Crippen LogP contribution in [-0.2, 0) is 22.6 Å². The van der Waals surface area contributed by atoms with Crippen molar-refractivity contribution in [1.82, 2.24) is 34.2 Å². The zero-order valence-electron chi connectivity index (χ0n) is 29.0. The number of anilines is 1. The van der Waals surface area contributed by atoms with Gasteiger partial charge in [0.15, 0.2) is 5.65 Å². The molecule has 13 heteroatoms. The molecule has 0 saturated heterocycles. The van der Waals surface area contributed by atoms with Crippen molar-refractivity contribution in [3.8, 4) is 28.8 Å². The Morgan fingerprint density at radius 1 is 1.04 bits per heavy atom. The van der Waals surface area contributed by atoms with Gasteiger partial charge in [0.25, 0.3) is 5.56 Å². The van der Waals surface area contributed by atoms with Crippen molar-refractivity contribution < 1.29 is 14.6 Å². The first-order chi connectivity index (χ1) is 25.3. The Labute approximate surface area is 305 Å². The Balaban J connectivity index is 1.37. The summed E-state index contributed by atoms with van der Waals surface area (Å²) in [6.45, 7) is 4.01. The van der Waals surface area contributed by atoms with Crippen molar-refractivity contribution in [3.63, 3.8) is 0 Å². The molecule has 0 fully saturated rings. The summed E-state index contributed by atoms with van der Waals surface area (Å²) in [6.07, 6.45) is 3.71. The molecule has 0 aliphatic heterocycles. The van der Waals surface area contributed by atoms with E-state index in [-0.39, 0.29) is 36.1 Å². The number of methoxy groups -OCH3 is 1. The highest BCUT2D eigenvalue weighted by Crippen LogP contribution is 2.32. The number of fused-ring (bicyclic) bond motifs is 2. The van der Waals surface area contributed by atoms with E-state index in [2.05, 4.69) is 21.8 Å².